The topological polar surface area (TPSA) is 37.3 Å². The smallest absolute Gasteiger partial charge is 0.303 e. The van der Waals surface area contributed by atoms with E-state index < -0.39 is 5.97 Å². The van der Waals surface area contributed by atoms with Gasteiger partial charge in [0, 0.05) is 6.42 Å². The van der Waals surface area contributed by atoms with Gasteiger partial charge in [-0.15, -0.1) is 0 Å². The van der Waals surface area contributed by atoms with Crippen LogP contribution in [0.15, 0.2) is 12.2 Å². The summed E-state index contributed by atoms with van der Waals surface area (Å²) in [6, 6.07) is 0. The molecule has 0 amide bonds. The maximum Gasteiger partial charge on any atom is 0.303 e. The summed E-state index contributed by atoms with van der Waals surface area (Å²) >= 11 is 0. The van der Waals surface area contributed by atoms with Gasteiger partial charge in [-0.25, -0.2) is 0 Å². The van der Waals surface area contributed by atoms with E-state index in [2.05, 4.69) is 26.0 Å². The molecule has 0 saturated heterocycles. The molecule has 0 radical (unpaired) electrons. The second-order valence-corrected chi connectivity index (χ2v) is 5.51. The van der Waals surface area contributed by atoms with Crippen LogP contribution in [0.2, 0.25) is 0 Å². The molecular weight excluding hydrogens is 224 g/mol. The first-order valence-corrected chi connectivity index (χ1v) is 7.49. The van der Waals surface area contributed by atoms with Crippen molar-refractivity contribution in [3.8, 4) is 0 Å². The molecule has 0 heterocycles. The van der Waals surface area contributed by atoms with Crippen LogP contribution in [-0.2, 0) is 4.79 Å². The first-order valence-electron chi connectivity index (χ1n) is 7.49. The minimum atomic E-state index is -0.664. The van der Waals surface area contributed by atoms with Crippen molar-refractivity contribution in [2.75, 3.05) is 0 Å². The van der Waals surface area contributed by atoms with Crippen LogP contribution < -0.4 is 0 Å². The zero-order valence-electron chi connectivity index (χ0n) is 12.2. The van der Waals surface area contributed by atoms with E-state index in [-0.39, 0.29) is 0 Å². The summed E-state index contributed by atoms with van der Waals surface area (Å²) in [7, 11) is 0. The lowest BCUT2D eigenvalue weighted by molar-refractivity contribution is -0.137. The fourth-order valence-electron chi connectivity index (χ4n) is 1.91. The summed E-state index contributed by atoms with van der Waals surface area (Å²) in [5.74, 6) is 0.107. The van der Waals surface area contributed by atoms with Gasteiger partial charge < -0.3 is 5.11 Å². The highest BCUT2D eigenvalue weighted by molar-refractivity contribution is 5.66. The Bertz CT molecular complexity index is 219. The number of carboxylic acid groups (broad SMARTS) is 1. The van der Waals surface area contributed by atoms with Gasteiger partial charge >= 0.3 is 5.97 Å². The summed E-state index contributed by atoms with van der Waals surface area (Å²) in [5.41, 5.74) is 0. The van der Waals surface area contributed by atoms with Crippen molar-refractivity contribution < 1.29 is 9.90 Å². The normalized spacial score (nSPS) is 11.5. The molecule has 1 N–H and O–H groups in total. The van der Waals surface area contributed by atoms with Gasteiger partial charge in [-0.2, -0.15) is 0 Å². The van der Waals surface area contributed by atoms with Crippen molar-refractivity contribution in [3.63, 3.8) is 0 Å². The van der Waals surface area contributed by atoms with Crippen molar-refractivity contribution >= 4 is 5.97 Å². The second kappa shape index (κ2) is 12.7. The lowest BCUT2D eigenvalue weighted by Crippen LogP contribution is -1.93. The number of carboxylic acids is 1. The average molecular weight is 254 g/mol. The van der Waals surface area contributed by atoms with Crippen molar-refractivity contribution in [3.05, 3.63) is 12.2 Å². The maximum atomic E-state index is 10.3. The number of hydrogen-bond donors (Lipinski definition) is 1. The van der Waals surface area contributed by atoms with Gasteiger partial charge in [0.1, 0.15) is 0 Å². The highest BCUT2D eigenvalue weighted by Crippen LogP contribution is 2.10. The molecule has 18 heavy (non-hydrogen) atoms. The lowest BCUT2D eigenvalue weighted by atomic mass is 10.1. The Morgan fingerprint density at radius 3 is 2.06 bits per heavy atom. The molecular formula is C16H30O2. The van der Waals surface area contributed by atoms with E-state index in [4.69, 9.17) is 5.11 Å². The minimum absolute atomic E-state index is 0.334. The molecule has 0 rings (SSSR count). The SMILES string of the molecule is CC(C)C/C=C\CCCCCCCCCC(=O)O. The Hall–Kier alpha value is -0.790. The van der Waals surface area contributed by atoms with Crippen molar-refractivity contribution in [2.45, 2.75) is 78.1 Å². The third-order valence-corrected chi connectivity index (χ3v) is 3.04. The third kappa shape index (κ3) is 15.2. The summed E-state index contributed by atoms with van der Waals surface area (Å²) in [4.78, 5) is 10.3. The Morgan fingerprint density at radius 1 is 0.944 bits per heavy atom. The molecule has 0 aliphatic heterocycles. The second-order valence-electron chi connectivity index (χ2n) is 5.51. The summed E-state index contributed by atoms with van der Waals surface area (Å²) in [6.07, 6.45) is 15.6. The van der Waals surface area contributed by atoms with Crippen molar-refractivity contribution in [2.24, 2.45) is 5.92 Å². The molecule has 0 spiro atoms. The number of unbranched alkanes of at least 4 members (excludes halogenated alkanes) is 7. The molecule has 2 heteroatoms. The van der Waals surface area contributed by atoms with E-state index in [1.807, 2.05) is 0 Å². The molecule has 0 aromatic rings. The zero-order valence-corrected chi connectivity index (χ0v) is 12.2. The zero-order chi connectivity index (χ0) is 13.6. The van der Waals surface area contributed by atoms with E-state index in [1.54, 1.807) is 0 Å². The number of carbonyl (C=O) groups is 1. The average Bonchev–Trinajstić information content (AvgIpc) is 2.29. The summed E-state index contributed by atoms with van der Waals surface area (Å²) in [6.45, 7) is 4.49. The first-order chi connectivity index (χ1) is 8.63. The Balaban J connectivity index is 3.07. The molecule has 0 aromatic heterocycles. The number of hydrogen-bond acceptors (Lipinski definition) is 1. The van der Waals surface area contributed by atoms with Crippen LogP contribution in [0.3, 0.4) is 0 Å². The van der Waals surface area contributed by atoms with E-state index in [1.165, 1.54) is 44.9 Å². The predicted molar refractivity (Wildman–Crippen MR) is 77.8 cm³/mol. The molecule has 0 fully saturated rings. The Morgan fingerprint density at radius 2 is 1.50 bits per heavy atom. The monoisotopic (exact) mass is 254 g/mol. The van der Waals surface area contributed by atoms with Crippen LogP contribution in [0.5, 0.6) is 0 Å². The van der Waals surface area contributed by atoms with Crippen LogP contribution in [0.4, 0.5) is 0 Å². The van der Waals surface area contributed by atoms with E-state index >= 15 is 0 Å². The van der Waals surface area contributed by atoms with Gasteiger partial charge in [0.05, 0.1) is 0 Å². The van der Waals surface area contributed by atoms with Gasteiger partial charge in [0.25, 0.3) is 0 Å². The fourth-order valence-corrected chi connectivity index (χ4v) is 1.91. The molecule has 0 aliphatic carbocycles. The lowest BCUT2D eigenvalue weighted by Gasteiger charge is -2.00. The van der Waals surface area contributed by atoms with Crippen LogP contribution in [-0.4, -0.2) is 11.1 Å². The minimum Gasteiger partial charge on any atom is -0.481 e. The number of allylic oxidation sites excluding steroid dienone is 2. The Kier molecular flexibility index (Phi) is 12.1. The van der Waals surface area contributed by atoms with Gasteiger partial charge in [-0.1, -0.05) is 58.1 Å². The number of rotatable bonds is 12. The van der Waals surface area contributed by atoms with Crippen LogP contribution in [0.1, 0.15) is 78.1 Å². The highest BCUT2D eigenvalue weighted by Gasteiger charge is 1.96. The maximum absolute atomic E-state index is 10.3. The predicted octanol–water partition coefficient (Wildman–Crippen LogP) is 5.18. The van der Waals surface area contributed by atoms with E-state index in [0.29, 0.717) is 6.42 Å². The molecule has 0 unspecified atom stereocenters. The van der Waals surface area contributed by atoms with Gasteiger partial charge in [0.15, 0.2) is 0 Å². The molecule has 0 aromatic carbocycles. The number of aliphatic carboxylic acids is 1. The van der Waals surface area contributed by atoms with Gasteiger partial charge in [-0.05, 0) is 31.6 Å². The molecule has 0 saturated carbocycles. The molecule has 0 atom stereocenters. The van der Waals surface area contributed by atoms with Crippen molar-refractivity contribution in [1.82, 2.24) is 0 Å². The summed E-state index contributed by atoms with van der Waals surface area (Å²) < 4.78 is 0. The van der Waals surface area contributed by atoms with Crippen LogP contribution in [0.25, 0.3) is 0 Å². The molecule has 0 bridgehead atoms. The van der Waals surface area contributed by atoms with Gasteiger partial charge in [-0.3, -0.25) is 4.79 Å². The first kappa shape index (κ1) is 17.2. The van der Waals surface area contributed by atoms with Crippen LogP contribution in [0, 0.1) is 5.92 Å². The Labute approximate surface area is 112 Å². The third-order valence-electron chi connectivity index (χ3n) is 3.04. The molecule has 2 nitrogen and oxygen atoms in total. The van der Waals surface area contributed by atoms with E-state index in [0.717, 1.165) is 18.8 Å². The molecule has 106 valence electrons. The van der Waals surface area contributed by atoms with Crippen LogP contribution >= 0.6 is 0 Å². The quantitative estimate of drug-likeness (QED) is 0.384. The highest BCUT2D eigenvalue weighted by atomic mass is 16.4. The van der Waals surface area contributed by atoms with Gasteiger partial charge in [0.2, 0.25) is 0 Å². The van der Waals surface area contributed by atoms with Crippen molar-refractivity contribution in [1.29, 1.82) is 0 Å². The largest absolute Gasteiger partial charge is 0.481 e. The standard InChI is InChI=1S/C16H30O2/c1-15(2)13-11-9-7-5-3-4-6-8-10-12-14-16(17)18/h9,11,15H,3-8,10,12-14H2,1-2H3,(H,17,18)/b11-9-. The summed E-state index contributed by atoms with van der Waals surface area (Å²) in [5, 5.41) is 8.48. The molecule has 0 aliphatic rings. The fraction of sp³-hybridized carbons (Fsp3) is 0.812. The van der Waals surface area contributed by atoms with E-state index in [9.17, 15) is 4.79 Å².